The molecule has 1 fully saturated rings. The molecule has 1 aromatic rings. The summed E-state index contributed by atoms with van der Waals surface area (Å²) in [5, 5.41) is 0. The third kappa shape index (κ3) is 2.26. The van der Waals surface area contributed by atoms with Crippen molar-refractivity contribution < 1.29 is 19.0 Å². The Morgan fingerprint density at radius 2 is 1.89 bits per heavy atom. The van der Waals surface area contributed by atoms with Gasteiger partial charge < -0.3 is 14.2 Å². The van der Waals surface area contributed by atoms with Crippen molar-refractivity contribution in [2.75, 3.05) is 27.4 Å². The lowest BCUT2D eigenvalue weighted by atomic mass is 9.85. The number of carbonyl (C=O) groups is 1. The van der Waals surface area contributed by atoms with Gasteiger partial charge in [0.05, 0.1) is 12.7 Å². The molecule has 98 valence electrons. The predicted octanol–water partition coefficient (Wildman–Crippen LogP) is 2.07. The molecule has 1 aliphatic heterocycles. The van der Waals surface area contributed by atoms with Gasteiger partial charge in [-0.25, -0.2) is 0 Å². The normalized spacial score (nSPS) is 18.3. The Bertz CT molecular complexity index is 422. The number of rotatable bonds is 4. The fraction of sp³-hybridized carbons (Fsp3) is 0.500. The molecule has 18 heavy (non-hydrogen) atoms. The number of ether oxygens (including phenoxy) is 3. The van der Waals surface area contributed by atoms with E-state index in [1.807, 2.05) is 12.1 Å². The highest BCUT2D eigenvalue weighted by molar-refractivity contribution is 6.04. The summed E-state index contributed by atoms with van der Waals surface area (Å²) in [7, 11) is 3.15. The fourth-order valence-corrected chi connectivity index (χ4v) is 2.30. The van der Waals surface area contributed by atoms with Gasteiger partial charge in [-0.3, -0.25) is 4.79 Å². The first-order valence-electron chi connectivity index (χ1n) is 6.04. The lowest BCUT2D eigenvalue weighted by Gasteiger charge is -2.34. The molecule has 0 spiro atoms. The van der Waals surface area contributed by atoms with Crippen LogP contribution in [0.5, 0.6) is 5.75 Å². The molecule has 1 aliphatic rings. The largest absolute Gasteiger partial charge is 0.496 e. The van der Waals surface area contributed by atoms with Gasteiger partial charge >= 0.3 is 0 Å². The topological polar surface area (TPSA) is 44.8 Å². The number of Topliss-reactive ketones (excluding diaryl/α,β-unsaturated/α-hetero) is 1. The van der Waals surface area contributed by atoms with E-state index in [1.165, 1.54) is 0 Å². The van der Waals surface area contributed by atoms with Crippen LogP contribution in [0.2, 0.25) is 0 Å². The molecular weight excluding hydrogens is 232 g/mol. The van der Waals surface area contributed by atoms with Crippen molar-refractivity contribution in [2.45, 2.75) is 18.4 Å². The number of carbonyl (C=O) groups excluding carboxylic acids is 1. The van der Waals surface area contributed by atoms with Gasteiger partial charge in [0.1, 0.15) is 11.4 Å². The molecule has 0 radical (unpaired) electrons. The fourth-order valence-electron chi connectivity index (χ4n) is 2.30. The summed E-state index contributed by atoms with van der Waals surface area (Å²) in [5.41, 5.74) is -0.198. The molecule has 4 nitrogen and oxygen atoms in total. The van der Waals surface area contributed by atoms with E-state index in [4.69, 9.17) is 14.2 Å². The molecule has 1 heterocycles. The Morgan fingerprint density at radius 3 is 2.50 bits per heavy atom. The van der Waals surface area contributed by atoms with Crippen LogP contribution in [0.3, 0.4) is 0 Å². The summed E-state index contributed by atoms with van der Waals surface area (Å²) in [4.78, 5) is 12.7. The number of benzene rings is 1. The van der Waals surface area contributed by atoms with Crippen molar-refractivity contribution in [3.63, 3.8) is 0 Å². The molecule has 0 unspecified atom stereocenters. The minimum Gasteiger partial charge on any atom is -0.496 e. The average molecular weight is 250 g/mol. The van der Waals surface area contributed by atoms with E-state index in [9.17, 15) is 4.79 Å². The summed E-state index contributed by atoms with van der Waals surface area (Å²) >= 11 is 0. The molecular formula is C14H18O4. The molecule has 1 saturated heterocycles. The van der Waals surface area contributed by atoms with Crippen molar-refractivity contribution in [2.24, 2.45) is 0 Å². The van der Waals surface area contributed by atoms with Gasteiger partial charge in [-0.05, 0) is 12.1 Å². The number of ketones is 1. The van der Waals surface area contributed by atoms with Crippen molar-refractivity contribution in [3.8, 4) is 5.75 Å². The summed E-state index contributed by atoms with van der Waals surface area (Å²) in [5.74, 6) is 0.566. The van der Waals surface area contributed by atoms with Crippen LogP contribution in [-0.2, 0) is 9.47 Å². The maximum Gasteiger partial charge on any atom is 0.198 e. The quantitative estimate of drug-likeness (QED) is 0.767. The molecule has 0 aromatic heterocycles. The maximum absolute atomic E-state index is 12.7. The second kappa shape index (κ2) is 5.50. The molecule has 0 bridgehead atoms. The zero-order valence-electron chi connectivity index (χ0n) is 10.8. The zero-order valence-corrected chi connectivity index (χ0v) is 10.8. The van der Waals surface area contributed by atoms with Gasteiger partial charge in [0.2, 0.25) is 0 Å². The van der Waals surface area contributed by atoms with Gasteiger partial charge in [-0.1, -0.05) is 12.1 Å². The van der Waals surface area contributed by atoms with Gasteiger partial charge in [-0.15, -0.1) is 0 Å². The Labute approximate surface area is 107 Å². The van der Waals surface area contributed by atoms with E-state index in [0.717, 1.165) is 0 Å². The maximum atomic E-state index is 12.7. The SMILES string of the molecule is COc1ccccc1C(=O)C1(OC)CCOCC1. The molecule has 0 N–H and O–H groups in total. The standard InChI is InChI=1S/C14H18O4/c1-16-12-6-4-3-5-11(12)13(15)14(17-2)7-9-18-10-8-14/h3-6H,7-10H2,1-2H3. The van der Waals surface area contributed by atoms with Crippen LogP contribution in [0.15, 0.2) is 24.3 Å². The number of hydrogen-bond acceptors (Lipinski definition) is 4. The van der Waals surface area contributed by atoms with E-state index < -0.39 is 5.60 Å². The molecule has 1 aromatic carbocycles. The van der Waals surface area contributed by atoms with Gasteiger partial charge in [0, 0.05) is 33.2 Å². The van der Waals surface area contributed by atoms with Gasteiger partial charge in [0.15, 0.2) is 5.78 Å². The van der Waals surface area contributed by atoms with Crippen LogP contribution in [0.1, 0.15) is 23.2 Å². The Hall–Kier alpha value is -1.39. The van der Waals surface area contributed by atoms with Crippen molar-refractivity contribution >= 4 is 5.78 Å². The van der Waals surface area contributed by atoms with Gasteiger partial charge in [0.25, 0.3) is 0 Å². The minimum absolute atomic E-state index is 0.0225. The van der Waals surface area contributed by atoms with Gasteiger partial charge in [-0.2, -0.15) is 0 Å². The van der Waals surface area contributed by atoms with Crippen LogP contribution in [0, 0.1) is 0 Å². The molecule has 2 rings (SSSR count). The highest BCUT2D eigenvalue weighted by Gasteiger charge is 2.41. The summed E-state index contributed by atoms with van der Waals surface area (Å²) in [6, 6.07) is 7.24. The van der Waals surface area contributed by atoms with E-state index in [2.05, 4.69) is 0 Å². The lowest BCUT2D eigenvalue weighted by Crippen LogP contribution is -2.45. The van der Waals surface area contributed by atoms with Crippen LogP contribution < -0.4 is 4.74 Å². The average Bonchev–Trinajstić information content (AvgIpc) is 2.47. The lowest BCUT2D eigenvalue weighted by molar-refractivity contribution is -0.0664. The van der Waals surface area contributed by atoms with Crippen molar-refractivity contribution in [1.29, 1.82) is 0 Å². The second-order valence-corrected chi connectivity index (χ2v) is 4.34. The van der Waals surface area contributed by atoms with Crippen molar-refractivity contribution in [3.05, 3.63) is 29.8 Å². The first-order chi connectivity index (χ1) is 8.73. The van der Waals surface area contributed by atoms with Crippen LogP contribution in [-0.4, -0.2) is 38.8 Å². The molecule has 0 saturated carbocycles. The number of hydrogen-bond donors (Lipinski definition) is 0. The first kappa shape index (κ1) is 13.1. The third-order valence-electron chi connectivity index (χ3n) is 3.46. The minimum atomic E-state index is -0.771. The van der Waals surface area contributed by atoms with E-state index in [0.29, 0.717) is 37.4 Å². The highest BCUT2D eigenvalue weighted by atomic mass is 16.5. The summed E-state index contributed by atoms with van der Waals surface area (Å²) in [6.45, 7) is 1.10. The monoisotopic (exact) mass is 250 g/mol. The Kier molecular flexibility index (Phi) is 3.99. The smallest absolute Gasteiger partial charge is 0.198 e. The van der Waals surface area contributed by atoms with E-state index in [1.54, 1.807) is 26.4 Å². The second-order valence-electron chi connectivity index (χ2n) is 4.34. The number of methoxy groups -OCH3 is 2. The summed E-state index contributed by atoms with van der Waals surface area (Å²) < 4.78 is 16.1. The predicted molar refractivity (Wildman–Crippen MR) is 67.1 cm³/mol. The Morgan fingerprint density at radius 1 is 1.22 bits per heavy atom. The first-order valence-corrected chi connectivity index (χ1v) is 6.04. The van der Waals surface area contributed by atoms with Crippen LogP contribution >= 0.6 is 0 Å². The van der Waals surface area contributed by atoms with Crippen LogP contribution in [0.25, 0.3) is 0 Å². The molecule has 4 heteroatoms. The van der Waals surface area contributed by atoms with Crippen molar-refractivity contribution in [1.82, 2.24) is 0 Å². The van der Waals surface area contributed by atoms with E-state index >= 15 is 0 Å². The number of para-hydroxylation sites is 1. The van der Waals surface area contributed by atoms with E-state index in [-0.39, 0.29) is 5.78 Å². The Balaban J connectivity index is 2.33. The molecule has 0 atom stereocenters. The van der Waals surface area contributed by atoms with Crippen LogP contribution in [0.4, 0.5) is 0 Å². The molecule has 0 aliphatic carbocycles. The highest BCUT2D eigenvalue weighted by Crippen LogP contribution is 2.31. The summed E-state index contributed by atoms with van der Waals surface area (Å²) in [6.07, 6.45) is 1.17. The third-order valence-corrected chi connectivity index (χ3v) is 3.46. The zero-order chi connectivity index (χ0) is 13.0. The molecule has 0 amide bonds.